The molecule has 0 saturated carbocycles. The molecular formula is C16H17N3O3. The van der Waals surface area contributed by atoms with Crippen molar-refractivity contribution in [1.29, 1.82) is 0 Å². The lowest BCUT2D eigenvalue weighted by atomic mass is 9.86. The Labute approximate surface area is 127 Å². The summed E-state index contributed by atoms with van der Waals surface area (Å²) in [5.74, 6) is 0.637. The van der Waals surface area contributed by atoms with Gasteiger partial charge in [-0.15, -0.1) is 0 Å². The number of primary amides is 1. The number of ether oxygens (including phenoxy) is 2. The topological polar surface area (TPSA) is 90.2 Å². The van der Waals surface area contributed by atoms with Gasteiger partial charge >= 0.3 is 0 Å². The SMILES string of the molecule is NC(=O)c1cc2c([nH]1)-c1ccncc1OC2C1CCOCC1. The molecule has 1 saturated heterocycles. The van der Waals surface area contributed by atoms with E-state index in [9.17, 15) is 4.79 Å². The van der Waals surface area contributed by atoms with Gasteiger partial charge in [0.15, 0.2) is 0 Å². The standard InChI is InChI=1S/C16H17N3O3/c17-16(20)12-7-11-14(19-12)10-1-4-18-8-13(10)22-15(11)9-2-5-21-6-3-9/h1,4,7-9,15,19H,2-3,5-6H2,(H2,17,20). The number of aromatic nitrogens is 2. The van der Waals surface area contributed by atoms with Crippen LogP contribution >= 0.6 is 0 Å². The molecule has 1 atom stereocenters. The Hall–Kier alpha value is -2.34. The zero-order valence-corrected chi connectivity index (χ0v) is 12.0. The number of carbonyl (C=O) groups is 1. The van der Waals surface area contributed by atoms with Crippen molar-refractivity contribution >= 4 is 5.91 Å². The predicted octanol–water partition coefficient (Wildman–Crippen LogP) is 2.04. The first-order chi connectivity index (χ1) is 10.7. The average molecular weight is 299 g/mol. The van der Waals surface area contributed by atoms with Gasteiger partial charge in [0.2, 0.25) is 0 Å². The van der Waals surface area contributed by atoms with Gasteiger partial charge in [0, 0.05) is 36.5 Å². The van der Waals surface area contributed by atoms with Crippen LogP contribution in [0.25, 0.3) is 11.3 Å². The number of amides is 1. The van der Waals surface area contributed by atoms with Gasteiger partial charge in [-0.25, -0.2) is 0 Å². The number of H-pyrrole nitrogens is 1. The molecule has 1 fully saturated rings. The van der Waals surface area contributed by atoms with Crippen molar-refractivity contribution in [3.63, 3.8) is 0 Å². The number of nitrogens with one attached hydrogen (secondary N) is 1. The second-order valence-electron chi connectivity index (χ2n) is 5.74. The third-order valence-corrected chi connectivity index (χ3v) is 4.42. The lowest BCUT2D eigenvalue weighted by Gasteiger charge is -2.34. The number of pyridine rings is 1. The molecular weight excluding hydrogens is 282 g/mol. The number of aromatic amines is 1. The summed E-state index contributed by atoms with van der Waals surface area (Å²) in [6, 6.07) is 3.71. The Morgan fingerprint density at radius 2 is 2.18 bits per heavy atom. The van der Waals surface area contributed by atoms with E-state index >= 15 is 0 Å². The maximum absolute atomic E-state index is 11.5. The van der Waals surface area contributed by atoms with Crippen molar-refractivity contribution in [2.45, 2.75) is 18.9 Å². The second-order valence-corrected chi connectivity index (χ2v) is 5.74. The van der Waals surface area contributed by atoms with Gasteiger partial charge in [-0.05, 0) is 25.0 Å². The molecule has 0 spiro atoms. The van der Waals surface area contributed by atoms with Crippen LogP contribution in [-0.2, 0) is 4.74 Å². The zero-order valence-electron chi connectivity index (χ0n) is 12.0. The summed E-state index contributed by atoms with van der Waals surface area (Å²) >= 11 is 0. The molecule has 0 bridgehead atoms. The zero-order chi connectivity index (χ0) is 15.1. The predicted molar refractivity (Wildman–Crippen MR) is 79.5 cm³/mol. The fourth-order valence-electron chi connectivity index (χ4n) is 3.30. The summed E-state index contributed by atoms with van der Waals surface area (Å²) < 4.78 is 11.6. The Kier molecular flexibility index (Phi) is 3.11. The van der Waals surface area contributed by atoms with Crippen molar-refractivity contribution in [2.24, 2.45) is 11.7 Å². The van der Waals surface area contributed by atoms with Crippen molar-refractivity contribution in [1.82, 2.24) is 9.97 Å². The van der Waals surface area contributed by atoms with Crippen LogP contribution in [0.2, 0.25) is 0 Å². The Bertz CT molecular complexity index is 719. The third-order valence-electron chi connectivity index (χ3n) is 4.42. The summed E-state index contributed by atoms with van der Waals surface area (Å²) in [5.41, 5.74) is 8.67. The fraction of sp³-hybridized carbons (Fsp3) is 0.375. The Balaban J connectivity index is 1.82. The molecule has 22 heavy (non-hydrogen) atoms. The van der Waals surface area contributed by atoms with E-state index in [0.717, 1.165) is 48.6 Å². The molecule has 4 rings (SSSR count). The van der Waals surface area contributed by atoms with E-state index in [4.69, 9.17) is 15.2 Å². The van der Waals surface area contributed by atoms with Crippen LogP contribution in [-0.4, -0.2) is 29.1 Å². The number of hydrogen-bond donors (Lipinski definition) is 2. The molecule has 1 amide bonds. The van der Waals surface area contributed by atoms with Gasteiger partial charge in [0.1, 0.15) is 17.5 Å². The first kappa shape index (κ1) is 13.3. The molecule has 4 heterocycles. The van der Waals surface area contributed by atoms with Gasteiger partial charge in [-0.1, -0.05) is 0 Å². The fourth-order valence-corrected chi connectivity index (χ4v) is 3.30. The smallest absolute Gasteiger partial charge is 0.265 e. The molecule has 3 N–H and O–H groups in total. The number of carbonyl (C=O) groups excluding carboxylic acids is 1. The number of fused-ring (bicyclic) bond motifs is 3. The highest BCUT2D eigenvalue weighted by atomic mass is 16.5. The van der Waals surface area contributed by atoms with E-state index in [0.29, 0.717) is 11.6 Å². The van der Waals surface area contributed by atoms with Crippen LogP contribution in [0, 0.1) is 5.92 Å². The van der Waals surface area contributed by atoms with Crippen molar-refractivity contribution in [2.75, 3.05) is 13.2 Å². The second kappa shape index (κ2) is 5.14. The molecule has 0 aliphatic carbocycles. The lowest BCUT2D eigenvalue weighted by molar-refractivity contribution is 0.0162. The van der Waals surface area contributed by atoms with Gasteiger partial charge in [-0.2, -0.15) is 0 Å². The summed E-state index contributed by atoms with van der Waals surface area (Å²) in [6.45, 7) is 1.49. The molecule has 2 aromatic rings. The van der Waals surface area contributed by atoms with Crippen LogP contribution in [0.15, 0.2) is 24.5 Å². The van der Waals surface area contributed by atoms with Gasteiger partial charge < -0.3 is 20.2 Å². The minimum Gasteiger partial charge on any atom is -0.483 e. The summed E-state index contributed by atoms with van der Waals surface area (Å²) in [5, 5.41) is 0. The molecule has 6 heteroatoms. The van der Waals surface area contributed by atoms with Gasteiger partial charge in [0.25, 0.3) is 5.91 Å². The summed E-state index contributed by atoms with van der Waals surface area (Å²) in [6.07, 6.45) is 5.22. The van der Waals surface area contributed by atoms with Crippen LogP contribution in [0.1, 0.15) is 35.0 Å². The van der Waals surface area contributed by atoms with Crippen molar-refractivity contribution in [3.8, 4) is 17.0 Å². The highest BCUT2D eigenvalue weighted by Gasteiger charge is 2.35. The van der Waals surface area contributed by atoms with E-state index in [2.05, 4.69) is 9.97 Å². The maximum Gasteiger partial charge on any atom is 0.265 e. The Morgan fingerprint density at radius 3 is 2.95 bits per heavy atom. The van der Waals surface area contributed by atoms with Crippen LogP contribution < -0.4 is 10.5 Å². The molecule has 0 aromatic carbocycles. The first-order valence-corrected chi connectivity index (χ1v) is 7.45. The normalized spacial score (nSPS) is 20.8. The molecule has 2 aromatic heterocycles. The van der Waals surface area contributed by atoms with Crippen LogP contribution in [0.5, 0.6) is 5.75 Å². The number of rotatable bonds is 2. The largest absolute Gasteiger partial charge is 0.483 e. The van der Waals surface area contributed by atoms with E-state index in [1.165, 1.54) is 0 Å². The molecule has 6 nitrogen and oxygen atoms in total. The van der Waals surface area contributed by atoms with E-state index in [1.807, 2.05) is 12.1 Å². The van der Waals surface area contributed by atoms with Crippen LogP contribution in [0.3, 0.4) is 0 Å². The van der Waals surface area contributed by atoms with E-state index < -0.39 is 5.91 Å². The van der Waals surface area contributed by atoms with Gasteiger partial charge in [0.05, 0.1) is 11.9 Å². The molecule has 114 valence electrons. The maximum atomic E-state index is 11.5. The highest BCUT2D eigenvalue weighted by Crippen LogP contribution is 2.46. The molecule has 2 aliphatic rings. The van der Waals surface area contributed by atoms with E-state index in [1.54, 1.807) is 12.4 Å². The van der Waals surface area contributed by atoms with Gasteiger partial charge in [-0.3, -0.25) is 9.78 Å². The first-order valence-electron chi connectivity index (χ1n) is 7.45. The number of hydrogen-bond acceptors (Lipinski definition) is 4. The Morgan fingerprint density at radius 1 is 1.36 bits per heavy atom. The van der Waals surface area contributed by atoms with Crippen LogP contribution in [0.4, 0.5) is 0 Å². The molecule has 1 unspecified atom stereocenters. The van der Waals surface area contributed by atoms with Crippen molar-refractivity contribution < 1.29 is 14.3 Å². The minimum absolute atomic E-state index is 0.0973. The monoisotopic (exact) mass is 299 g/mol. The molecule has 2 aliphatic heterocycles. The average Bonchev–Trinajstić information content (AvgIpc) is 3.01. The lowest BCUT2D eigenvalue weighted by Crippen LogP contribution is -2.27. The highest BCUT2D eigenvalue weighted by molar-refractivity contribution is 5.93. The minimum atomic E-state index is -0.462. The number of nitrogens with two attached hydrogens (primary N) is 1. The number of nitrogens with zero attached hydrogens (tertiary/aromatic N) is 1. The van der Waals surface area contributed by atoms with Crippen molar-refractivity contribution in [3.05, 3.63) is 35.8 Å². The quantitative estimate of drug-likeness (QED) is 0.888. The molecule has 0 radical (unpaired) electrons. The third kappa shape index (κ3) is 2.07. The van der Waals surface area contributed by atoms with E-state index in [-0.39, 0.29) is 6.10 Å². The summed E-state index contributed by atoms with van der Waals surface area (Å²) in [4.78, 5) is 18.8. The summed E-state index contributed by atoms with van der Waals surface area (Å²) in [7, 11) is 0.